The lowest BCUT2D eigenvalue weighted by Gasteiger charge is -2.36. The Morgan fingerprint density at radius 3 is 2.89 bits per heavy atom. The maximum Gasteiger partial charge on any atom is 0.119 e. The summed E-state index contributed by atoms with van der Waals surface area (Å²) in [5.74, 6) is 0.900. The number of nitriles is 1. The first kappa shape index (κ1) is 13.9. The van der Waals surface area contributed by atoms with Gasteiger partial charge < -0.3 is 4.74 Å². The van der Waals surface area contributed by atoms with E-state index in [1.807, 2.05) is 30.3 Å². The molecule has 0 aromatic heterocycles. The Morgan fingerprint density at radius 1 is 1.42 bits per heavy atom. The van der Waals surface area contributed by atoms with Crippen molar-refractivity contribution in [3.05, 3.63) is 30.3 Å². The zero-order valence-corrected chi connectivity index (χ0v) is 11.6. The fourth-order valence-electron chi connectivity index (χ4n) is 2.68. The van der Waals surface area contributed by atoms with Crippen LogP contribution in [0.1, 0.15) is 39.0 Å². The van der Waals surface area contributed by atoms with E-state index in [0.717, 1.165) is 44.4 Å². The van der Waals surface area contributed by atoms with Gasteiger partial charge in [-0.15, -0.1) is 0 Å². The lowest BCUT2D eigenvalue weighted by molar-refractivity contribution is 0.113. The van der Waals surface area contributed by atoms with Crippen LogP contribution in [0.15, 0.2) is 30.3 Å². The van der Waals surface area contributed by atoms with Crippen LogP contribution in [0, 0.1) is 11.3 Å². The molecule has 0 saturated heterocycles. The van der Waals surface area contributed by atoms with Gasteiger partial charge in [-0.3, -0.25) is 5.32 Å². The summed E-state index contributed by atoms with van der Waals surface area (Å²) in [6.07, 6.45) is 4.97. The monoisotopic (exact) mass is 258 g/mol. The molecule has 19 heavy (non-hydrogen) atoms. The second kappa shape index (κ2) is 6.58. The number of hydrogen-bond donors (Lipinski definition) is 1. The molecule has 1 saturated carbocycles. The Bertz CT molecular complexity index is 426. The molecule has 1 fully saturated rings. The van der Waals surface area contributed by atoms with Gasteiger partial charge in [-0.2, -0.15) is 5.26 Å². The van der Waals surface area contributed by atoms with Gasteiger partial charge in [-0.1, -0.05) is 25.1 Å². The third kappa shape index (κ3) is 3.71. The van der Waals surface area contributed by atoms with Gasteiger partial charge in [-0.25, -0.2) is 0 Å². The highest BCUT2D eigenvalue weighted by Crippen LogP contribution is 2.30. The molecule has 0 amide bonds. The third-order valence-electron chi connectivity index (χ3n) is 3.68. The van der Waals surface area contributed by atoms with Gasteiger partial charge in [0, 0.05) is 6.42 Å². The van der Waals surface area contributed by atoms with Gasteiger partial charge in [0.15, 0.2) is 0 Å². The first-order valence-electron chi connectivity index (χ1n) is 7.16. The van der Waals surface area contributed by atoms with Crippen molar-refractivity contribution in [1.82, 2.24) is 5.32 Å². The molecule has 0 bridgehead atoms. The average Bonchev–Trinajstić information content (AvgIpc) is 2.46. The minimum atomic E-state index is -0.395. The van der Waals surface area contributed by atoms with Crippen LogP contribution in [0.4, 0.5) is 0 Å². The molecular formula is C16H22N2O. The number of rotatable bonds is 5. The molecule has 1 aliphatic carbocycles. The van der Waals surface area contributed by atoms with Crippen molar-refractivity contribution in [3.63, 3.8) is 0 Å². The number of nitrogens with zero attached hydrogens (tertiary/aromatic N) is 1. The van der Waals surface area contributed by atoms with Gasteiger partial charge >= 0.3 is 0 Å². The second-order valence-electron chi connectivity index (χ2n) is 5.27. The average molecular weight is 258 g/mol. The van der Waals surface area contributed by atoms with Crippen LogP contribution >= 0.6 is 0 Å². The summed E-state index contributed by atoms with van der Waals surface area (Å²) >= 11 is 0. The Morgan fingerprint density at radius 2 is 2.21 bits per heavy atom. The number of nitrogens with one attached hydrogen (secondary N) is 1. The van der Waals surface area contributed by atoms with E-state index in [4.69, 9.17) is 4.74 Å². The number of ether oxygens (including phenoxy) is 1. The van der Waals surface area contributed by atoms with Crippen molar-refractivity contribution in [2.75, 3.05) is 6.54 Å². The van der Waals surface area contributed by atoms with Gasteiger partial charge in [0.2, 0.25) is 0 Å². The molecule has 0 heterocycles. The lowest BCUT2D eigenvalue weighted by Crippen LogP contribution is -2.50. The zero-order chi connectivity index (χ0) is 13.6. The van der Waals surface area contributed by atoms with E-state index < -0.39 is 5.54 Å². The number of hydrogen-bond acceptors (Lipinski definition) is 3. The van der Waals surface area contributed by atoms with Gasteiger partial charge in [-0.05, 0) is 44.4 Å². The second-order valence-corrected chi connectivity index (χ2v) is 5.27. The van der Waals surface area contributed by atoms with E-state index >= 15 is 0 Å². The Hall–Kier alpha value is -1.53. The SMILES string of the molecule is CCCNC1(C#N)CCCC(Oc2ccccc2)C1. The fourth-order valence-corrected chi connectivity index (χ4v) is 2.68. The molecule has 1 aromatic carbocycles. The van der Waals surface area contributed by atoms with Gasteiger partial charge in [0.25, 0.3) is 0 Å². The quantitative estimate of drug-likeness (QED) is 0.881. The molecular weight excluding hydrogens is 236 g/mol. The number of benzene rings is 1. The van der Waals surface area contributed by atoms with Crippen LogP contribution in [-0.2, 0) is 0 Å². The smallest absolute Gasteiger partial charge is 0.119 e. The summed E-state index contributed by atoms with van der Waals surface area (Å²) in [5, 5.41) is 12.9. The largest absolute Gasteiger partial charge is 0.490 e. The summed E-state index contributed by atoms with van der Waals surface area (Å²) in [6.45, 7) is 3.02. The van der Waals surface area contributed by atoms with Crippen molar-refractivity contribution < 1.29 is 4.74 Å². The molecule has 0 spiro atoms. The minimum absolute atomic E-state index is 0.139. The molecule has 102 valence electrons. The van der Waals surface area contributed by atoms with Crippen LogP contribution in [0.25, 0.3) is 0 Å². The van der Waals surface area contributed by atoms with Crippen molar-refractivity contribution in [2.24, 2.45) is 0 Å². The van der Waals surface area contributed by atoms with E-state index in [1.165, 1.54) is 0 Å². The predicted octanol–water partition coefficient (Wildman–Crippen LogP) is 3.27. The van der Waals surface area contributed by atoms with E-state index in [-0.39, 0.29) is 6.10 Å². The van der Waals surface area contributed by atoms with Crippen molar-refractivity contribution in [3.8, 4) is 11.8 Å². The minimum Gasteiger partial charge on any atom is -0.490 e. The molecule has 1 N–H and O–H groups in total. The standard InChI is InChI=1S/C16H22N2O/c1-2-11-18-16(13-17)10-6-9-15(12-16)19-14-7-4-3-5-8-14/h3-5,7-8,15,18H,2,6,9-12H2,1H3. The van der Waals surface area contributed by atoms with E-state index in [1.54, 1.807) is 0 Å². The summed E-state index contributed by atoms with van der Waals surface area (Å²) in [7, 11) is 0. The Kier molecular flexibility index (Phi) is 4.81. The molecule has 1 aromatic rings. The molecule has 0 radical (unpaired) electrons. The maximum atomic E-state index is 9.48. The van der Waals surface area contributed by atoms with Crippen LogP contribution in [-0.4, -0.2) is 18.2 Å². The maximum absolute atomic E-state index is 9.48. The van der Waals surface area contributed by atoms with Crippen LogP contribution in [0.2, 0.25) is 0 Å². The Balaban J connectivity index is 1.98. The highest BCUT2D eigenvalue weighted by molar-refractivity contribution is 5.22. The molecule has 3 heteroatoms. The van der Waals surface area contributed by atoms with Gasteiger partial charge in [0.1, 0.15) is 17.4 Å². The predicted molar refractivity (Wildman–Crippen MR) is 76.0 cm³/mol. The highest BCUT2D eigenvalue weighted by Gasteiger charge is 2.36. The van der Waals surface area contributed by atoms with E-state index in [0.29, 0.717) is 0 Å². The summed E-state index contributed by atoms with van der Waals surface area (Å²) in [6, 6.07) is 12.4. The molecule has 3 nitrogen and oxygen atoms in total. The summed E-state index contributed by atoms with van der Waals surface area (Å²) < 4.78 is 6.00. The van der Waals surface area contributed by atoms with Crippen molar-refractivity contribution in [2.45, 2.75) is 50.7 Å². The van der Waals surface area contributed by atoms with E-state index in [9.17, 15) is 5.26 Å². The van der Waals surface area contributed by atoms with Crippen molar-refractivity contribution >= 4 is 0 Å². The van der Waals surface area contributed by atoms with Gasteiger partial charge in [0.05, 0.1) is 6.07 Å². The first-order chi connectivity index (χ1) is 9.28. The Labute approximate surface area is 115 Å². The van der Waals surface area contributed by atoms with E-state index in [2.05, 4.69) is 18.3 Å². The fraction of sp³-hybridized carbons (Fsp3) is 0.562. The van der Waals surface area contributed by atoms with Crippen molar-refractivity contribution in [1.29, 1.82) is 5.26 Å². The molecule has 1 aliphatic rings. The summed E-state index contributed by atoms with van der Waals surface area (Å²) in [4.78, 5) is 0. The molecule has 2 unspecified atom stereocenters. The zero-order valence-electron chi connectivity index (χ0n) is 11.6. The molecule has 2 atom stereocenters. The molecule has 0 aliphatic heterocycles. The topological polar surface area (TPSA) is 45.0 Å². The molecule has 2 rings (SSSR count). The number of para-hydroxylation sites is 1. The van der Waals surface area contributed by atoms with Crippen LogP contribution < -0.4 is 10.1 Å². The van der Waals surface area contributed by atoms with Crippen LogP contribution in [0.5, 0.6) is 5.75 Å². The lowest BCUT2D eigenvalue weighted by atomic mass is 9.81. The highest BCUT2D eigenvalue weighted by atomic mass is 16.5. The summed E-state index contributed by atoms with van der Waals surface area (Å²) in [5.41, 5.74) is -0.395. The first-order valence-corrected chi connectivity index (χ1v) is 7.16. The third-order valence-corrected chi connectivity index (χ3v) is 3.68. The van der Waals surface area contributed by atoms with Crippen LogP contribution in [0.3, 0.4) is 0 Å². The normalized spacial score (nSPS) is 26.6.